The summed E-state index contributed by atoms with van der Waals surface area (Å²) in [5, 5.41) is 13.2. The van der Waals surface area contributed by atoms with Crippen LogP contribution >= 0.6 is 0 Å². The number of nitrogens with zero attached hydrogens (tertiary/aromatic N) is 2. The third kappa shape index (κ3) is 3.38. The molecule has 2 saturated heterocycles. The summed E-state index contributed by atoms with van der Waals surface area (Å²) < 4.78 is 0. The first-order valence-electron chi connectivity index (χ1n) is 14.5. The molecule has 2 heterocycles. The Kier molecular flexibility index (Phi) is 5.72. The van der Waals surface area contributed by atoms with E-state index in [9.17, 15) is 24.3 Å². The van der Waals surface area contributed by atoms with Crippen molar-refractivity contribution in [2.75, 3.05) is 11.4 Å². The number of anilines is 1. The van der Waals surface area contributed by atoms with E-state index in [1.165, 1.54) is 9.80 Å². The van der Waals surface area contributed by atoms with Crippen LogP contribution in [0.2, 0.25) is 0 Å². The summed E-state index contributed by atoms with van der Waals surface area (Å²) in [7, 11) is 0. The lowest BCUT2D eigenvalue weighted by molar-refractivity contribution is -0.140. The topological polar surface area (TPSA) is 95.0 Å². The Morgan fingerprint density at radius 3 is 2.37 bits per heavy atom. The highest BCUT2D eigenvalue weighted by Crippen LogP contribution is 2.65. The Morgan fingerprint density at radius 2 is 1.61 bits per heavy atom. The highest BCUT2D eigenvalue weighted by Gasteiger charge is 2.68. The fraction of sp³-hybridized carbons (Fsp3) is 0.353. The summed E-state index contributed by atoms with van der Waals surface area (Å²) in [6.45, 7) is 4.17. The molecule has 41 heavy (non-hydrogen) atoms. The average Bonchev–Trinajstić information content (AvgIpc) is 3.34. The molecule has 3 aromatic carbocycles. The SMILES string of the molecule is CCCN1C(=O)[C@H]2[C@H](CC=C3[C@H]2C[C@H]2C(=O)N(c4ccccc4)C(=O)[C@@]2(C)[C@H]3c2c(O)ccc3ccccc23)C1=O. The number of amides is 4. The molecule has 7 heteroatoms. The highest BCUT2D eigenvalue weighted by atomic mass is 16.3. The number of hydrogen-bond donors (Lipinski definition) is 1. The van der Waals surface area contributed by atoms with Crippen LogP contribution in [0.3, 0.4) is 0 Å². The van der Waals surface area contributed by atoms with Crippen molar-refractivity contribution in [1.29, 1.82) is 0 Å². The minimum atomic E-state index is -1.20. The number of likely N-dealkylation sites (tertiary alicyclic amines) is 1. The van der Waals surface area contributed by atoms with E-state index in [0.717, 1.165) is 16.3 Å². The number of allylic oxidation sites excluding steroid dienone is 2. The van der Waals surface area contributed by atoms with Gasteiger partial charge >= 0.3 is 0 Å². The smallest absolute Gasteiger partial charge is 0.241 e. The van der Waals surface area contributed by atoms with Gasteiger partial charge in [0.25, 0.3) is 0 Å². The molecule has 7 rings (SSSR count). The lowest BCUT2D eigenvalue weighted by Crippen LogP contribution is -2.49. The fourth-order valence-electron chi connectivity index (χ4n) is 8.24. The Hall–Kier alpha value is -4.26. The van der Waals surface area contributed by atoms with E-state index < -0.39 is 29.1 Å². The standard InChI is InChI=1S/C34H32N2O5/c1-3-17-35-30(38)23-15-14-22-24(27(23)32(35)40)18-25-31(39)36(20-10-5-4-6-11-20)33(41)34(25,2)29(22)28-21-12-8-7-9-19(21)13-16-26(28)37/h4-14,16,23-25,27,29,37H,3,15,17-18H2,1-2H3/t23-,24+,25-,27-,29+,34+/m0/s1. The predicted molar refractivity (Wildman–Crippen MR) is 154 cm³/mol. The third-order valence-electron chi connectivity index (χ3n) is 10.1. The van der Waals surface area contributed by atoms with Crippen LogP contribution < -0.4 is 4.90 Å². The molecule has 7 nitrogen and oxygen atoms in total. The molecule has 0 spiro atoms. The van der Waals surface area contributed by atoms with Crippen molar-refractivity contribution >= 4 is 40.1 Å². The van der Waals surface area contributed by atoms with Crippen molar-refractivity contribution in [3.8, 4) is 5.75 Å². The average molecular weight is 549 g/mol. The molecule has 2 aliphatic carbocycles. The minimum Gasteiger partial charge on any atom is -0.508 e. The minimum absolute atomic E-state index is 0.0530. The molecule has 4 amide bonds. The number of benzene rings is 3. The fourth-order valence-corrected chi connectivity index (χ4v) is 8.24. The van der Waals surface area contributed by atoms with Crippen molar-refractivity contribution in [3.63, 3.8) is 0 Å². The van der Waals surface area contributed by atoms with Crippen LogP contribution in [-0.2, 0) is 19.2 Å². The van der Waals surface area contributed by atoms with E-state index in [4.69, 9.17) is 0 Å². The number of aromatic hydroxyl groups is 1. The van der Waals surface area contributed by atoms with E-state index in [2.05, 4.69) is 0 Å². The number of hydrogen-bond acceptors (Lipinski definition) is 5. The Bertz CT molecular complexity index is 1660. The number of carbonyl (C=O) groups is 4. The molecule has 2 aliphatic heterocycles. The third-order valence-corrected chi connectivity index (χ3v) is 10.1. The summed E-state index contributed by atoms with van der Waals surface area (Å²) in [6, 6.07) is 20.2. The van der Waals surface area contributed by atoms with Gasteiger partial charge in [0.05, 0.1) is 28.9 Å². The maximum atomic E-state index is 14.5. The monoisotopic (exact) mass is 548 g/mol. The van der Waals surface area contributed by atoms with Crippen LogP contribution in [0, 0.1) is 29.1 Å². The van der Waals surface area contributed by atoms with Gasteiger partial charge in [-0.25, -0.2) is 4.90 Å². The zero-order valence-electron chi connectivity index (χ0n) is 23.1. The van der Waals surface area contributed by atoms with Crippen LogP contribution in [0.25, 0.3) is 10.8 Å². The van der Waals surface area contributed by atoms with E-state index >= 15 is 0 Å². The van der Waals surface area contributed by atoms with Crippen molar-refractivity contribution < 1.29 is 24.3 Å². The van der Waals surface area contributed by atoms with E-state index in [0.29, 0.717) is 37.1 Å². The maximum Gasteiger partial charge on any atom is 0.241 e. The normalized spacial score (nSPS) is 30.9. The second-order valence-corrected chi connectivity index (χ2v) is 12.0. The molecule has 3 fully saturated rings. The highest BCUT2D eigenvalue weighted by molar-refractivity contribution is 6.24. The van der Waals surface area contributed by atoms with Gasteiger partial charge in [-0.1, -0.05) is 67.1 Å². The first kappa shape index (κ1) is 25.7. The zero-order chi connectivity index (χ0) is 28.6. The van der Waals surface area contributed by atoms with Crippen LogP contribution in [-0.4, -0.2) is 40.2 Å². The molecule has 1 N–H and O–H groups in total. The Labute approximate surface area is 238 Å². The van der Waals surface area contributed by atoms with Crippen LogP contribution in [0.15, 0.2) is 78.4 Å². The van der Waals surface area contributed by atoms with Gasteiger partial charge in [0.15, 0.2) is 0 Å². The molecule has 6 atom stereocenters. The second-order valence-electron chi connectivity index (χ2n) is 12.0. The second kappa shape index (κ2) is 9.13. The molecule has 1 saturated carbocycles. The molecule has 208 valence electrons. The Balaban J connectivity index is 1.46. The summed E-state index contributed by atoms with van der Waals surface area (Å²) in [5.74, 6) is -3.67. The number of imide groups is 2. The van der Waals surface area contributed by atoms with Crippen molar-refractivity contribution in [3.05, 3.63) is 83.9 Å². The molecule has 0 bridgehead atoms. The van der Waals surface area contributed by atoms with Crippen LogP contribution in [0.1, 0.15) is 44.6 Å². The van der Waals surface area contributed by atoms with Gasteiger partial charge in [-0.15, -0.1) is 0 Å². The van der Waals surface area contributed by atoms with E-state index in [-0.39, 0.29) is 35.3 Å². The number of phenols is 1. The quantitative estimate of drug-likeness (QED) is 0.358. The summed E-state index contributed by atoms with van der Waals surface area (Å²) in [6.07, 6.45) is 3.41. The van der Waals surface area contributed by atoms with Crippen LogP contribution in [0.5, 0.6) is 5.75 Å². The number of fused-ring (bicyclic) bond motifs is 5. The van der Waals surface area contributed by atoms with Gasteiger partial charge in [0.1, 0.15) is 5.75 Å². The van der Waals surface area contributed by atoms with Gasteiger partial charge < -0.3 is 5.11 Å². The molecular formula is C34H32N2O5. The molecule has 0 aromatic heterocycles. The van der Waals surface area contributed by atoms with Crippen molar-refractivity contribution in [2.24, 2.45) is 29.1 Å². The van der Waals surface area contributed by atoms with Crippen molar-refractivity contribution in [1.82, 2.24) is 4.90 Å². The predicted octanol–water partition coefficient (Wildman–Crippen LogP) is 5.19. The van der Waals surface area contributed by atoms with E-state index in [1.54, 1.807) is 30.3 Å². The Morgan fingerprint density at radius 1 is 0.878 bits per heavy atom. The number of rotatable bonds is 4. The maximum absolute atomic E-state index is 14.5. The lowest BCUT2D eigenvalue weighted by atomic mass is 9.51. The molecule has 3 aromatic rings. The molecular weight excluding hydrogens is 516 g/mol. The summed E-state index contributed by atoms with van der Waals surface area (Å²) in [5.41, 5.74) is 0.795. The lowest BCUT2D eigenvalue weighted by Gasteiger charge is -2.49. The summed E-state index contributed by atoms with van der Waals surface area (Å²) in [4.78, 5) is 58.6. The number of phenolic OH excluding ortho intramolecular Hbond substituents is 1. The molecule has 4 aliphatic rings. The first-order chi connectivity index (χ1) is 19.8. The largest absolute Gasteiger partial charge is 0.508 e. The van der Waals surface area contributed by atoms with Gasteiger partial charge in [0.2, 0.25) is 23.6 Å². The van der Waals surface area contributed by atoms with Gasteiger partial charge in [-0.2, -0.15) is 0 Å². The first-order valence-corrected chi connectivity index (χ1v) is 14.5. The zero-order valence-corrected chi connectivity index (χ0v) is 23.1. The van der Waals surface area contributed by atoms with Gasteiger partial charge in [-0.3, -0.25) is 24.1 Å². The van der Waals surface area contributed by atoms with Gasteiger partial charge in [0, 0.05) is 18.0 Å². The number of carbonyl (C=O) groups excluding carboxylic acids is 4. The van der Waals surface area contributed by atoms with Gasteiger partial charge in [-0.05, 0) is 61.1 Å². The van der Waals surface area contributed by atoms with E-state index in [1.807, 2.05) is 56.3 Å². The number of para-hydroxylation sites is 1. The van der Waals surface area contributed by atoms with Crippen LogP contribution in [0.4, 0.5) is 5.69 Å². The molecule has 0 unspecified atom stereocenters. The van der Waals surface area contributed by atoms with Crippen molar-refractivity contribution in [2.45, 2.75) is 39.0 Å². The molecule has 0 radical (unpaired) electrons. The summed E-state index contributed by atoms with van der Waals surface area (Å²) >= 11 is 0.